The van der Waals surface area contributed by atoms with Gasteiger partial charge in [-0.1, -0.05) is 12.8 Å². The third kappa shape index (κ3) is 2.03. The summed E-state index contributed by atoms with van der Waals surface area (Å²) in [6, 6.07) is 1.39. The molecule has 0 spiro atoms. The Bertz CT molecular complexity index is 366. The van der Waals surface area contributed by atoms with Gasteiger partial charge in [0.05, 0.1) is 10.7 Å². The van der Waals surface area contributed by atoms with Crippen LogP contribution in [0.25, 0.3) is 0 Å². The van der Waals surface area contributed by atoms with Gasteiger partial charge in [0.15, 0.2) is 0 Å². The lowest BCUT2D eigenvalue weighted by atomic mass is 9.97. The standard InChI is InChI=1S/C13H20N2S/c1-9-14-11-7-4-8-12(13(11)16-9)15-10-5-2-3-6-10/h10,12,15H,2-8H2,1H3. The van der Waals surface area contributed by atoms with Crippen LogP contribution in [-0.2, 0) is 6.42 Å². The van der Waals surface area contributed by atoms with E-state index in [4.69, 9.17) is 0 Å². The molecule has 0 amide bonds. The third-order valence-corrected chi connectivity index (χ3v) is 4.98. The van der Waals surface area contributed by atoms with E-state index in [2.05, 4.69) is 17.2 Å². The van der Waals surface area contributed by atoms with Gasteiger partial charge >= 0.3 is 0 Å². The quantitative estimate of drug-likeness (QED) is 0.851. The first-order valence-electron chi connectivity index (χ1n) is 6.55. The second-order valence-electron chi connectivity index (χ2n) is 5.14. The highest BCUT2D eigenvalue weighted by molar-refractivity contribution is 7.11. The molecule has 1 unspecified atom stereocenters. The SMILES string of the molecule is Cc1nc2c(s1)C(NC1CCCC1)CCC2. The maximum absolute atomic E-state index is 4.65. The average molecular weight is 236 g/mol. The van der Waals surface area contributed by atoms with E-state index in [1.54, 1.807) is 0 Å². The zero-order chi connectivity index (χ0) is 11.0. The number of fused-ring (bicyclic) bond motifs is 1. The molecular formula is C13H20N2S. The Balaban J connectivity index is 1.75. The van der Waals surface area contributed by atoms with E-state index < -0.39 is 0 Å². The number of rotatable bonds is 2. The van der Waals surface area contributed by atoms with Crippen molar-refractivity contribution in [3.05, 3.63) is 15.6 Å². The predicted octanol–water partition coefficient (Wildman–Crippen LogP) is 3.36. The third-order valence-electron chi connectivity index (χ3n) is 3.85. The Morgan fingerprint density at radius 2 is 2.00 bits per heavy atom. The number of nitrogens with zero attached hydrogens (tertiary/aromatic N) is 1. The minimum atomic E-state index is 0.609. The van der Waals surface area contributed by atoms with E-state index >= 15 is 0 Å². The van der Waals surface area contributed by atoms with Crippen LogP contribution in [0.5, 0.6) is 0 Å². The Morgan fingerprint density at radius 3 is 2.81 bits per heavy atom. The van der Waals surface area contributed by atoms with Crippen LogP contribution in [0, 0.1) is 6.92 Å². The molecular weight excluding hydrogens is 216 g/mol. The first-order valence-corrected chi connectivity index (χ1v) is 7.37. The molecule has 3 rings (SSSR count). The molecule has 88 valence electrons. The number of aryl methyl sites for hydroxylation is 2. The molecule has 2 aliphatic rings. The van der Waals surface area contributed by atoms with E-state index in [0.717, 1.165) is 6.04 Å². The van der Waals surface area contributed by atoms with E-state index in [0.29, 0.717) is 6.04 Å². The van der Waals surface area contributed by atoms with Gasteiger partial charge in [0.2, 0.25) is 0 Å². The molecule has 0 radical (unpaired) electrons. The summed E-state index contributed by atoms with van der Waals surface area (Å²) in [5.41, 5.74) is 1.38. The summed E-state index contributed by atoms with van der Waals surface area (Å²) in [5, 5.41) is 5.10. The zero-order valence-electron chi connectivity index (χ0n) is 9.96. The summed E-state index contributed by atoms with van der Waals surface area (Å²) in [6.45, 7) is 2.13. The summed E-state index contributed by atoms with van der Waals surface area (Å²) in [4.78, 5) is 6.19. The summed E-state index contributed by atoms with van der Waals surface area (Å²) in [7, 11) is 0. The Labute approximate surface area is 101 Å². The van der Waals surface area contributed by atoms with Crippen molar-refractivity contribution < 1.29 is 0 Å². The van der Waals surface area contributed by atoms with Gasteiger partial charge in [-0.3, -0.25) is 0 Å². The Hall–Kier alpha value is -0.410. The first-order chi connectivity index (χ1) is 7.83. The monoisotopic (exact) mass is 236 g/mol. The molecule has 1 fully saturated rings. The summed E-state index contributed by atoms with van der Waals surface area (Å²) in [5.74, 6) is 0. The van der Waals surface area contributed by atoms with Gasteiger partial charge in [0.25, 0.3) is 0 Å². The van der Waals surface area contributed by atoms with Crippen LogP contribution in [0.3, 0.4) is 0 Å². The number of hydrogen-bond donors (Lipinski definition) is 1. The van der Waals surface area contributed by atoms with Crippen LogP contribution in [0.2, 0.25) is 0 Å². The molecule has 1 atom stereocenters. The highest BCUT2D eigenvalue weighted by Gasteiger charge is 2.26. The summed E-state index contributed by atoms with van der Waals surface area (Å²) < 4.78 is 0. The van der Waals surface area contributed by atoms with Crippen LogP contribution in [-0.4, -0.2) is 11.0 Å². The molecule has 1 heterocycles. The Kier molecular flexibility index (Phi) is 2.99. The highest BCUT2D eigenvalue weighted by atomic mass is 32.1. The molecule has 0 saturated heterocycles. The Morgan fingerprint density at radius 1 is 1.19 bits per heavy atom. The van der Waals surface area contributed by atoms with E-state index in [1.807, 2.05) is 11.3 Å². The summed E-state index contributed by atoms with van der Waals surface area (Å²) in [6.07, 6.45) is 9.40. The zero-order valence-corrected chi connectivity index (χ0v) is 10.8. The van der Waals surface area contributed by atoms with Crippen LogP contribution < -0.4 is 5.32 Å². The fourth-order valence-electron chi connectivity index (χ4n) is 3.08. The summed E-state index contributed by atoms with van der Waals surface area (Å²) >= 11 is 1.91. The molecule has 1 aromatic rings. The lowest BCUT2D eigenvalue weighted by molar-refractivity contribution is 0.401. The smallest absolute Gasteiger partial charge is 0.0900 e. The van der Waals surface area contributed by atoms with Crippen LogP contribution in [0.15, 0.2) is 0 Å². The fourth-order valence-corrected chi connectivity index (χ4v) is 4.15. The van der Waals surface area contributed by atoms with Gasteiger partial charge < -0.3 is 5.32 Å². The van der Waals surface area contributed by atoms with Crippen molar-refractivity contribution in [1.29, 1.82) is 0 Å². The fraction of sp³-hybridized carbons (Fsp3) is 0.769. The van der Waals surface area contributed by atoms with Gasteiger partial charge in [0, 0.05) is 17.0 Å². The number of nitrogens with one attached hydrogen (secondary N) is 1. The van der Waals surface area contributed by atoms with Crippen molar-refractivity contribution in [2.75, 3.05) is 0 Å². The van der Waals surface area contributed by atoms with Crippen LogP contribution in [0.1, 0.15) is 60.1 Å². The van der Waals surface area contributed by atoms with Crippen molar-refractivity contribution >= 4 is 11.3 Å². The minimum Gasteiger partial charge on any atom is -0.306 e. The molecule has 0 aliphatic heterocycles. The number of aromatic nitrogens is 1. The van der Waals surface area contributed by atoms with Crippen molar-refractivity contribution in [2.24, 2.45) is 0 Å². The van der Waals surface area contributed by atoms with Crippen molar-refractivity contribution in [1.82, 2.24) is 10.3 Å². The molecule has 2 aliphatic carbocycles. The molecule has 2 nitrogen and oxygen atoms in total. The molecule has 0 bridgehead atoms. The normalized spacial score (nSPS) is 25.9. The van der Waals surface area contributed by atoms with Gasteiger partial charge in [-0.25, -0.2) is 4.98 Å². The second-order valence-corrected chi connectivity index (χ2v) is 6.37. The topological polar surface area (TPSA) is 24.9 Å². The molecule has 1 aromatic heterocycles. The van der Waals surface area contributed by atoms with Crippen molar-refractivity contribution in [3.63, 3.8) is 0 Å². The van der Waals surface area contributed by atoms with E-state index in [1.165, 1.54) is 60.5 Å². The van der Waals surface area contributed by atoms with Gasteiger partial charge in [-0.2, -0.15) is 0 Å². The first kappa shape index (κ1) is 10.7. The highest BCUT2D eigenvalue weighted by Crippen LogP contribution is 2.35. The number of thiazole rings is 1. The van der Waals surface area contributed by atoms with Gasteiger partial charge in [-0.15, -0.1) is 11.3 Å². The lowest BCUT2D eigenvalue weighted by Gasteiger charge is -2.25. The van der Waals surface area contributed by atoms with Gasteiger partial charge in [0.1, 0.15) is 0 Å². The molecule has 1 saturated carbocycles. The largest absolute Gasteiger partial charge is 0.306 e. The number of hydrogen-bond acceptors (Lipinski definition) is 3. The maximum Gasteiger partial charge on any atom is 0.0900 e. The van der Waals surface area contributed by atoms with Crippen LogP contribution in [0.4, 0.5) is 0 Å². The molecule has 1 N–H and O–H groups in total. The van der Waals surface area contributed by atoms with Crippen molar-refractivity contribution in [3.8, 4) is 0 Å². The van der Waals surface area contributed by atoms with Crippen molar-refractivity contribution in [2.45, 2.75) is 64.0 Å². The molecule has 3 heteroatoms. The lowest BCUT2D eigenvalue weighted by Crippen LogP contribution is -2.32. The predicted molar refractivity (Wildman–Crippen MR) is 67.9 cm³/mol. The van der Waals surface area contributed by atoms with Gasteiger partial charge in [-0.05, 0) is 39.0 Å². The second kappa shape index (κ2) is 4.46. The minimum absolute atomic E-state index is 0.609. The molecule has 16 heavy (non-hydrogen) atoms. The van der Waals surface area contributed by atoms with E-state index in [9.17, 15) is 0 Å². The van der Waals surface area contributed by atoms with Crippen LogP contribution >= 0.6 is 11.3 Å². The molecule has 0 aromatic carbocycles. The average Bonchev–Trinajstić information content (AvgIpc) is 2.86. The maximum atomic E-state index is 4.65. The van der Waals surface area contributed by atoms with E-state index in [-0.39, 0.29) is 0 Å².